The molecule has 7 nitrogen and oxygen atoms in total. The number of carbonyl (C=O) groups is 2. The van der Waals surface area contributed by atoms with E-state index in [1.165, 1.54) is 13.8 Å². The van der Waals surface area contributed by atoms with E-state index in [1.807, 2.05) is 60.7 Å². The molecular weight excluding hydrogens is 476 g/mol. The van der Waals surface area contributed by atoms with Crippen LogP contribution in [-0.4, -0.2) is 46.3 Å². The summed E-state index contributed by atoms with van der Waals surface area (Å²) in [6.07, 6.45) is 0.833. The van der Waals surface area contributed by atoms with Crippen molar-refractivity contribution < 1.29 is 22.7 Å². The van der Waals surface area contributed by atoms with Gasteiger partial charge in [-0.15, -0.1) is 0 Å². The predicted molar refractivity (Wildman–Crippen MR) is 135 cm³/mol. The van der Waals surface area contributed by atoms with Gasteiger partial charge in [0.15, 0.2) is 27.4 Å². The maximum atomic E-state index is 13.7. The normalized spacial score (nSPS) is 23.1. The molecule has 184 valence electrons. The number of esters is 1. The summed E-state index contributed by atoms with van der Waals surface area (Å²) in [5, 5.41) is -1.22. The molecule has 5 rings (SSSR count). The molecule has 3 heterocycles. The number of benzene rings is 2. The van der Waals surface area contributed by atoms with Gasteiger partial charge in [-0.1, -0.05) is 66.7 Å². The quantitative estimate of drug-likeness (QED) is 0.298. The average Bonchev–Trinajstić information content (AvgIpc) is 3.03. The van der Waals surface area contributed by atoms with E-state index in [9.17, 15) is 18.0 Å². The van der Waals surface area contributed by atoms with Gasteiger partial charge in [0.25, 0.3) is 5.91 Å². The van der Waals surface area contributed by atoms with Crippen molar-refractivity contribution in [3.05, 3.63) is 107 Å². The lowest BCUT2D eigenvalue weighted by Crippen LogP contribution is -2.59. The minimum atomic E-state index is -3.94. The van der Waals surface area contributed by atoms with Crippen molar-refractivity contribution in [3.63, 3.8) is 0 Å². The Bertz CT molecular complexity index is 1410. The van der Waals surface area contributed by atoms with Gasteiger partial charge in [0.2, 0.25) is 0 Å². The lowest BCUT2D eigenvalue weighted by Gasteiger charge is -2.39. The fraction of sp³-hybridized carbons (Fsp3) is 0.250. The molecule has 1 aromatic heterocycles. The molecule has 2 aliphatic heterocycles. The Labute approximate surface area is 210 Å². The zero-order chi connectivity index (χ0) is 25.7. The van der Waals surface area contributed by atoms with Crippen LogP contribution in [0.1, 0.15) is 43.7 Å². The van der Waals surface area contributed by atoms with Crippen molar-refractivity contribution in [1.82, 2.24) is 9.88 Å². The number of amides is 1. The fourth-order valence-electron chi connectivity index (χ4n) is 4.99. The van der Waals surface area contributed by atoms with E-state index >= 15 is 0 Å². The van der Waals surface area contributed by atoms with Crippen molar-refractivity contribution in [1.29, 1.82) is 0 Å². The van der Waals surface area contributed by atoms with Crippen molar-refractivity contribution >= 4 is 27.3 Å². The Morgan fingerprint density at radius 3 is 2.03 bits per heavy atom. The molecule has 8 heteroatoms. The molecule has 36 heavy (non-hydrogen) atoms. The van der Waals surface area contributed by atoms with E-state index in [0.717, 1.165) is 16.0 Å². The summed E-state index contributed by atoms with van der Waals surface area (Å²) in [6.45, 7) is 4.64. The van der Waals surface area contributed by atoms with Crippen LogP contribution in [0.2, 0.25) is 0 Å². The van der Waals surface area contributed by atoms with Crippen LogP contribution >= 0.6 is 0 Å². The van der Waals surface area contributed by atoms with E-state index in [2.05, 4.69) is 4.98 Å². The highest BCUT2D eigenvalue weighted by Crippen LogP contribution is 2.50. The second kappa shape index (κ2) is 8.71. The number of rotatable bonds is 5. The van der Waals surface area contributed by atoms with Crippen molar-refractivity contribution in [2.45, 2.75) is 43.0 Å². The summed E-state index contributed by atoms with van der Waals surface area (Å²) in [7, 11) is -3.94. The van der Waals surface area contributed by atoms with E-state index < -0.39 is 44.0 Å². The highest BCUT2D eigenvalue weighted by Gasteiger charge is 2.71. The summed E-state index contributed by atoms with van der Waals surface area (Å²) >= 11 is 0. The van der Waals surface area contributed by atoms with Gasteiger partial charge in [0.05, 0.1) is 11.3 Å². The van der Waals surface area contributed by atoms with Gasteiger partial charge in [-0.2, -0.15) is 0 Å². The monoisotopic (exact) mass is 502 g/mol. The third-order valence-corrected chi connectivity index (χ3v) is 9.78. The molecule has 0 saturated carbocycles. The van der Waals surface area contributed by atoms with E-state index in [1.54, 1.807) is 31.3 Å². The number of allylic oxidation sites excluding steroid dienone is 1. The SMILES string of the molecule is CC(=C1C(=O)N2[C@@H](C(=O)OC(c3ccccc3)c3ccccc3)C(C)(C)S(=O)(=O)[C@H]12)c1ccccn1. The summed E-state index contributed by atoms with van der Waals surface area (Å²) in [5.41, 5.74) is 2.65. The summed E-state index contributed by atoms with van der Waals surface area (Å²) in [6, 6.07) is 22.4. The van der Waals surface area contributed by atoms with Gasteiger partial charge in [-0.3, -0.25) is 9.78 Å². The third kappa shape index (κ3) is 3.55. The molecule has 2 atom stereocenters. The fourth-order valence-corrected chi connectivity index (χ4v) is 7.19. The number of fused-ring (bicyclic) bond motifs is 1. The van der Waals surface area contributed by atoms with Gasteiger partial charge in [0, 0.05) is 6.20 Å². The Morgan fingerprint density at radius 2 is 1.50 bits per heavy atom. The maximum absolute atomic E-state index is 13.7. The first-order valence-electron chi connectivity index (χ1n) is 11.6. The second-order valence-corrected chi connectivity index (χ2v) is 12.1. The second-order valence-electron chi connectivity index (χ2n) is 9.51. The molecule has 2 aliphatic rings. The van der Waals surface area contributed by atoms with Crippen LogP contribution in [0.3, 0.4) is 0 Å². The molecule has 0 bridgehead atoms. The minimum Gasteiger partial charge on any atom is -0.451 e. The van der Waals surface area contributed by atoms with Crippen LogP contribution in [0.15, 0.2) is 90.6 Å². The third-order valence-electron chi connectivity index (χ3n) is 7.04. The van der Waals surface area contributed by atoms with Crippen LogP contribution in [0.5, 0.6) is 0 Å². The predicted octanol–water partition coefficient (Wildman–Crippen LogP) is 3.93. The largest absolute Gasteiger partial charge is 0.451 e. The van der Waals surface area contributed by atoms with Crippen LogP contribution in [0, 0.1) is 0 Å². The van der Waals surface area contributed by atoms with Crippen LogP contribution in [0.25, 0.3) is 5.57 Å². The van der Waals surface area contributed by atoms with Gasteiger partial charge in [0.1, 0.15) is 4.75 Å². The van der Waals surface area contributed by atoms with Gasteiger partial charge < -0.3 is 9.64 Å². The number of aromatic nitrogens is 1. The number of nitrogens with zero attached hydrogens (tertiary/aromatic N) is 2. The smallest absolute Gasteiger partial charge is 0.331 e. The lowest BCUT2D eigenvalue weighted by molar-refractivity contribution is -0.160. The lowest BCUT2D eigenvalue weighted by atomic mass is 9.92. The van der Waals surface area contributed by atoms with Gasteiger partial charge in [-0.25, -0.2) is 13.2 Å². The van der Waals surface area contributed by atoms with Crippen LogP contribution in [-0.2, 0) is 24.2 Å². The Balaban J connectivity index is 1.53. The van der Waals surface area contributed by atoms with E-state index in [-0.39, 0.29) is 5.57 Å². The summed E-state index contributed by atoms with van der Waals surface area (Å²) < 4.78 is 31.7. The van der Waals surface area contributed by atoms with Crippen molar-refractivity contribution in [2.24, 2.45) is 0 Å². The molecule has 3 aromatic rings. The molecule has 0 radical (unpaired) electrons. The van der Waals surface area contributed by atoms with Crippen LogP contribution in [0.4, 0.5) is 0 Å². The molecule has 0 spiro atoms. The number of β-lactam (4-membered cyclic amide) rings is 1. The summed E-state index contributed by atoms with van der Waals surface area (Å²) in [5.74, 6) is -1.25. The molecule has 2 saturated heterocycles. The number of sulfone groups is 1. The van der Waals surface area contributed by atoms with Crippen molar-refractivity contribution in [3.8, 4) is 0 Å². The highest BCUT2D eigenvalue weighted by molar-refractivity contribution is 7.94. The molecule has 2 fully saturated rings. The first-order chi connectivity index (χ1) is 17.2. The van der Waals surface area contributed by atoms with Gasteiger partial charge in [-0.05, 0) is 49.6 Å². The number of ether oxygens (including phenoxy) is 1. The Hall–Kier alpha value is -3.78. The number of pyridine rings is 1. The zero-order valence-corrected chi connectivity index (χ0v) is 21.0. The average molecular weight is 503 g/mol. The number of hydrogen-bond donors (Lipinski definition) is 0. The van der Waals surface area contributed by atoms with Gasteiger partial charge >= 0.3 is 5.97 Å². The number of hydrogen-bond acceptors (Lipinski definition) is 6. The molecule has 2 aromatic carbocycles. The zero-order valence-electron chi connectivity index (χ0n) is 20.2. The minimum absolute atomic E-state index is 0.153. The van der Waals surface area contributed by atoms with E-state index in [0.29, 0.717) is 11.3 Å². The molecular formula is C28H26N2O5S. The molecule has 0 aliphatic carbocycles. The Kier molecular flexibility index (Phi) is 5.79. The first kappa shape index (κ1) is 23.9. The number of carbonyl (C=O) groups excluding carboxylic acids is 2. The topological polar surface area (TPSA) is 93.6 Å². The maximum Gasteiger partial charge on any atom is 0.331 e. The highest BCUT2D eigenvalue weighted by atomic mass is 32.2. The standard InChI is InChI=1S/C28H26N2O5S/c1-18(21-16-10-11-17-29-21)22-25(31)30-24(28(2,3)36(33,34)26(22)30)27(32)35-23(19-12-6-4-7-13-19)20-14-8-5-9-15-20/h4-17,23-24,26H,1-3H3/t24-,26+/m0/s1. The summed E-state index contributed by atoms with van der Waals surface area (Å²) in [4.78, 5) is 32.4. The first-order valence-corrected chi connectivity index (χ1v) is 13.2. The van der Waals surface area contributed by atoms with Crippen molar-refractivity contribution in [2.75, 3.05) is 0 Å². The molecule has 1 amide bonds. The van der Waals surface area contributed by atoms with E-state index in [4.69, 9.17) is 4.74 Å². The molecule has 0 N–H and O–H groups in total. The Morgan fingerprint density at radius 1 is 0.944 bits per heavy atom. The van der Waals surface area contributed by atoms with Crippen LogP contribution < -0.4 is 0 Å². The molecule has 0 unspecified atom stereocenters.